The van der Waals surface area contributed by atoms with Crippen molar-refractivity contribution in [1.82, 2.24) is 24.7 Å². The number of carbonyl (C=O) groups excluding carboxylic acids is 2. The third-order valence-corrected chi connectivity index (χ3v) is 7.34. The second-order valence-electron chi connectivity index (χ2n) is 10.3. The van der Waals surface area contributed by atoms with Gasteiger partial charge in [-0.15, -0.1) is 0 Å². The van der Waals surface area contributed by atoms with Crippen LogP contribution in [-0.2, 0) is 0 Å². The van der Waals surface area contributed by atoms with E-state index in [2.05, 4.69) is 26.3 Å². The van der Waals surface area contributed by atoms with Gasteiger partial charge in [0.15, 0.2) is 0 Å². The maximum Gasteiger partial charge on any atom is 0.321 e. The number of pyridine rings is 1. The average Bonchev–Trinajstić information content (AvgIpc) is 3.60. The van der Waals surface area contributed by atoms with E-state index in [9.17, 15) is 9.59 Å². The number of fused-ring (bicyclic) bond motifs is 1. The molecule has 2 aromatic carbocycles. The molecular formula is C30H34N6O3. The fraction of sp³-hybridized carbons (Fsp3) is 0.300. The minimum absolute atomic E-state index is 0.190. The Morgan fingerprint density at radius 1 is 1.05 bits per heavy atom. The lowest BCUT2D eigenvalue weighted by Gasteiger charge is -2.22. The summed E-state index contributed by atoms with van der Waals surface area (Å²) in [5, 5.41) is 3.93. The number of aromatic amines is 1. The van der Waals surface area contributed by atoms with Gasteiger partial charge >= 0.3 is 6.03 Å². The van der Waals surface area contributed by atoms with Gasteiger partial charge in [-0.3, -0.25) is 4.79 Å². The minimum Gasteiger partial charge on any atom is -0.496 e. The van der Waals surface area contributed by atoms with Crippen molar-refractivity contribution in [2.45, 2.75) is 12.5 Å². The molecule has 39 heavy (non-hydrogen) atoms. The molecular weight excluding hydrogens is 492 g/mol. The summed E-state index contributed by atoms with van der Waals surface area (Å²) in [6, 6.07) is 15.6. The highest BCUT2D eigenvalue weighted by atomic mass is 16.5. The molecule has 1 aliphatic heterocycles. The van der Waals surface area contributed by atoms with Crippen molar-refractivity contribution >= 4 is 28.7 Å². The minimum atomic E-state index is -0.197. The maximum absolute atomic E-state index is 13.2. The van der Waals surface area contributed by atoms with Crippen molar-refractivity contribution in [3.63, 3.8) is 0 Å². The summed E-state index contributed by atoms with van der Waals surface area (Å²) in [5.74, 6) is 0.586. The van der Waals surface area contributed by atoms with Crippen molar-refractivity contribution in [3.8, 4) is 28.0 Å². The smallest absolute Gasteiger partial charge is 0.321 e. The lowest BCUT2D eigenvalue weighted by atomic mass is 9.99. The Bertz CT molecular complexity index is 1530. The number of likely N-dealkylation sites (N-methyl/N-ethyl adjacent to an activating group) is 1. The van der Waals surface area contributed by atoms with Crippen LogP contribution in [0.5, 0.6) is 5.75 Å². The molecule has 1 aliphatic rings. The SMILES string of the molecule is COc1ccccc1-c1c[nH]c2ncc(-c3ccc(NC(=O)N4CCC(N(C)C)C4)c(C(=O)N(C)C)c3)cc12. The number of aromatic nitrogens is 2. The van der Waals surface area contributed by atoms with Crippen LogP contribution in [0.4, 0.5) is 10.5 Å². The number of benzene rings is 2. The Labute approximate surface area is 228 Å². The van der Waals surface area contributed by atoms with Crippen molar-refractivity contribution in [2.24, 2.45) is 0 Å². The van der Waals surface area contributed by atoms with Gasteiger partial charge in [0.25, 0.3) is 5.91 Å². The second-order valence-corrected chi connectivity index (χ2v) is 10.3. The number of para-hydroxylation sites is 1. The van der Waals surface area contributed by atoms with Gasteiger partial charge in [-0.25, -0.2) is 9.78 Å². The lowest BCUT2D eigenvalue weighted by Crippen LogP contribution is -2.37. The zero-order valence-electron chi connectivity index (χ0n) is 23.0. The molecule has 0 aliphatic carbocycles. The van der Waals surface area contributed by atoms with Crippen LogP contribution in [0.2, 0.25) is 0 Å². The van der Waals surface area contributed by atoms with E-state index in [1.807, 2.05) is 56.7 Å². The summed E-state index contributed by atoms with van der Waals surface area (Å²) in [4.78, 5) is 39.6. The van der Waals surface area contributed by atoms with Crippen LogP contribution in [0.3, 0.4) is 0 Å². The predicted octanol–water partition coefficient (Wildman–Crippen LogP) is 4.78. The zero-order valence-corrected chi connectivity index (χ0v) is 23.0. The molecule has 3 amide bonds. The van der Waals surface area contributed by atoms with Gasteiger partial charge in [0, 0.05) is 67.7 Å². The number of hydrogen-bond acceptors (Lipinski definition) is 5. The first-order chi connectivity index (χ1) is 18.8. The Morgan fingerprint density at radius 3 is 2.56 bits per heavy atom. The Balaban J connectivity index is 1.50. The fourth-order valence-corrected chi connectivity index (χ4v) is 5.04. The van der Waals surface area contributed by atoms with Crippen LogP contribution in [0.25, 0.3) is 33.3 Å². The van der Waals surface area contributed by atoms with Crippen molar-refractivity contribution in [1.29, 1.82) is 0 Å². The maximum atomic E-state index is 13.2. The molecule has 1 atom stereocenters. The van der Waals surface area contributed by atoms with Gasteiger partial charge in [-0.05, 0) is 50.3 Å². The molecule has 0 spiro atoms. The highest BCUT2D eigenvalue weighted by Gasteiger charge is 2.28. The molecule has 9 heteroatoms. The average molecular weight is 527 g/mol. The molecule has 2 aromatic heterocycles. The van der Waals surface area contributed by atoms with Crippen LogP contribution >= 0.6 is 0 Å². The molecule has 5 rings (SSSR count). The number of H-pyrrole nitrogens is 1. The summed E-state index contributed by atoms with van der Waals surface area (Å²) in [5.41, 5.74) is 5.30. The van der Waals surface area contributed by atoms with Gasteiger partial charge in [0.2, 0.25) is 0 Å². The number of amides is 3. The summed E-state index contributed by atoms with van der Waals surface area (Å²) in [6.07, 6.45) is 4.64. The van der Waals surface area contributed by atoms with E-state index in [0.29, 0.717) is 30.4 Å². The Kier molecular flexibility index (Phi) is 7.26. The normalized spacial score (nSPS) is 15.1. The molecule has 0 saturated carbocycles. The van der Waals surface area contributed by atoms with E-state index >= 15 is 0 Å². The molecule has 202 valence electrons. The lowest BCUT2D eigenvalue weighted by molar-refractivity contribution is 0.0828. The third-order valence-electron chi connectivity index (χ3n) is 7.34. The monoisotopic (exact) mass is 526 g/mol. The first-order valence-electron chi connectivity index (χ1n) is 13.0. The predicted molar refractivity (Wildman–Crippen MR) is 154 cm³/mol. The standard InChI is InChI=1S/C30H34N6O3/c1-34(2)21-12-13-36(18-21)30(38)33-26-11-10-19(14-24(26)29(37)35(3)4)20-15-23-25(17-32-28(23)31-16-20)22-8-6-7-9-27(22)39-5/h6-11,14-17,21H,12-13,18H2,1-5H3,(H,31,32)(H,33,38). The third kappa shape index (κ3) is 5.18. The molecule has 0 bridgehead atoms. The van der Waals surface area contributed by atoms with E-state index in [1.54, 1.807) is 38.4 Å². The molecule has 1 saturated heterocycles. The summed E-state index contributed by atoms with van der Waals surface area (Å²) in [7, 11) is 9.12. The van der Waals surface area contributed by atoms with Crippen LogP contribution in [0, 0.1) is 0 Å². The molecule has 4 aromatic rings. The molecule has 2 N–H and O–H groups in total. The highest BCUT2D eigenvalue weighted by Crippen LogP contribution is 2.36. The molecule has 1 unspecified atom stereocenters. The Hall–Kier alpha value is -4.37. The number of anilines is 1. The summed E-state index contributed by atoms with van der Waals surface area (Å²) in [6.45, 7) is 1.34. The topological polar surface area (TPSA) is 93.8 Å². The van der Waals surface area contributed by atoms with E-state index in [0.717, 1.165) is 45.5 Å². The van der Waals surface area contributed by atoms with E-state index in [4.69, 9.17) is 4.74 Å². The van der Waals surface area contributed by atoms with Crippen LogP contribution in [0.15, 0.2) is 60.9 Å². The van der Waals surface area contributed by atoms with Crippen LogP contribution in [0.1, 0.15) is 16.8 Å². The molecule has 3 heterocycles. The van der Waals surface area contributed by atoms with Crippen LogP contribution in [-0.4, -0.2) is 91.0 Å². The molecule has 0 radical (unpaired) electrons. The molecule has 9 nitrogen and oxygen atoms in total. The van der Waals surface area contributed by atoms with Gasteiger partial charge in [0.1, 0.15) is 11.4 Å². The number of nitrogens with zero attached hydrogens (tertiary/aromatic N) is 4. The van der Waals surface area contributed by atoms with Crippen LogP contribution < -0.4 is 10.1 Å². The quantitative estimate of drug-likeness (QED) is 0.377. The van der Waals surface area contributed by atoms with E-state index in [-0.39, 0.29) is 11.9 Å². The van der Waals surface area contributed by atoms with Gasteiger partial charge in [-0.1, -0.05) is 24.3 Å². The number of likely N-dealkylation sites (tertiary alicyclic amines) is 1. The number of ether oxygens (including phenoxy) is 1. The Morgan fingerprint density at radius 2 is 1.85 bits per heavy atom. The summed E-state index contributed by atoms with van der Waals surface area (Å²) >= 11 is 0. The van der Waals surface area contributed by atoms with Gasteiger partial charge in [0.05, 0.1) is 18.4 Å². The number of rotatable bonds is 6. The van der Waals surface area contributed by atoms with Crippen molar-refractivity contribution in [2.75, 3.05) is 53.7 Å². The number of nitrogens with one attached hydrogen (secondary N) is 2. The number of methoxy groups -OCH3 is 1. The largest absolute Gasteiger partial charge is 0.496 e. The zero-order chi connectivity index (χ0) is 27.7. The highest BCUT2D eigenvalue weighted by molar-refractivity contribution is 6.05. The molecule has 1 fully saturated rings. The number of hydrogen-bond donors (Lipinski definition) is 2. The first kappa shape index (κ1) is 26.2. The second kappa shape index (κ2) is 10.8. The van der Waals surface area contributed by atoms with Gasteiger partial charge < -0.3 is 29.7 Å². The number of carbonyl (C=O) groups is 2. The van der Waals surface area contributed by atoms with Crippen molar-refractivity contribution in [3.05, 3.63) is 66.5 Å². The summed E-state index contributed by atoms with van der Waals surface area (Å²) < 4.78 is 5.58. The van der Waals surface area contributed by atoms with Gasteiger partial charge in [-0.2, -0.15) is 0 Å². The number of urea groups is 1. The van der Waals surface area contributed by atoms with Crippen molar-refractivity contribution < 1.29 is 14.3 Å². The van der Waals surface area contributed by atoms with E-state index < -0.39 is 0 Å². The first-order valence-corrected chi connectivity index (χ1v) is 13.0. The fourth-order valence-electron chi connectivity index (χ4n) is 5.04. The van der Waals surface area contributed by atoms with E-state index in [1.165, 1.54) is 4.90 Å².